The summed E-state index contributed by atoms with van der Waals surface area (Å²) in [5.74, 6) is 1.56. The van der Waals surface area contributed by atoms with Gasteiger partial charge in [-0.15, -0.1) is 0 Å². The van der Waals surface area contributed by atoms with E-state index in [2.05, 4.69) is 9.88 Å². The van der Waals surface area contributed by atoms with E-state index in [1.54, 1.807) is 6.20 Å². The van der Waals surface area contributed by atoms with E-state index >= 15 is 0 Å². The summed E-state index contributed by atoms with van der Waals surface area (Å²) in [6.07, 6.45) is 1.81. The predicted octanol–water partition coefficient (Wildman–Crippen LogP) is 1.94. The van der Waals surface area contributed by atoms with Crippen molar-refractivity contribution in [3.8, 4) is 11.5 Å². The SMILES string of the molecule is CN(Cc1ccccn1)CC(N)c1ccc2c(c1)OCO2. The van der Waals surface area contributed by atoms with Crippen LogP contribution in [0, 0.1) is 0 Å². The van der Waals surface area contributed by atoms with E-state index < -0.39 is 0 Å². The van der Waals surface area contributed by atoms with Gasteiger partial charge in [-0.2, -0.15) is 0 Å². The van der Waals surface area contributed by atoms with Gasteiger partial charge in [0.2, 0.25) is 6.79 Å². The van der Waals surface area contributed by atoms with Crippen LogP contribution < -0.4 is 15.2 Å². The van der Waals surface area contributed by atoms with Crippen LogP contribution in [0.4, 0.5) is 0 Å². The third kappa shape index (κ3) is 3.32. The highest BCUT2D eigenvalue weighted by Crippen LogP contribution is 2.33. The minimum Gasteiger partial charge on any atom is -0.454 e. The number of benzene rings is 1. The second-order valence-electron chi connectivity index (χ2n) is 5.24. The molecule has 1 aliphatic heterocycles. The Labute approximate surface area is 124 Å². The van der Waals surface area contributed by atoms with Crippen LogP contribution in [-0.4, -0.2) is 30.3 Å². The van der Waals surface area contributed by atoms with E-state index in [-0.39, 0.29) is 12.8 Å². The number of pyridine rings is 1. The number of hydrogen-bond donors (Lipinski definition) is 1. The molecule has 5 heteroatoms. The van der Waals surface area contributed by atoms with E-state index in [4.69, 9.17) is 15.2 Å². The van der Waals surface area contributed by atoms with Crippen molar-refractivity contribution >= 4 is 0 Å². The van der Waals surface area contributed by atoms with Crippen LogP contribution in [0.25, 0.3) is 0 Å². The standard InChI is InChI=1S/C16H19N3O2/c1-19(9-13-4-2-3-7-18-13)10-14(17)12-5-6-15-16(8-12)21-11-20-15/h2-8,14H,9-11,17H2,1H3. The first-order valence-corrected chi connectivity index (χ1v) is 6.96. The van der Waals surface area contributed by atoms with Crippen molar-refractivity contribution in [2.75, 3.05) is 20.4 Å². The molecule has 0 aliphatic carbocycles. The number of nitrogens with zero attached hydrogens (tertiary/aromatic N) is 2. The number of fused-ring (bicyclic) bond motifs is 1. The molecule has 0 amide bonds. The van der Waals surface area contributed by atoms with Crippen LogP contribution in [0.2, 0.25) is 0 Å². The van der Waals surface area contributed by atoms with Crippen LogP contribution >= 0.6 is 0 Å². The molecule has 0 spiro atoms. The lowest BCUT2D eigenvalue weighted by atomic mass is 10.1. The average Bonchev–Trinajstić information content (AvgIpc) is 2.95. The van der Waals surface area contributed by atoms with Crippen molar-refractivity contribution in [3.05, 3.63) is 53.9 Å². The Hall–Kier alpha value is -2.11. The number of hydrogen-bond acceptors (Lipinski definition) is 5. The Morgan fingerprint density at radius 3 is 2.90 bits per heavy atom. The van der Waals surface area contributed by atoms with Gasteiger partial charge in [-0.05, 0) is 36.9 Å². The minimum absolute atomic E-state index is 0.0757. The van der Waals surface area contributed by atoms with Gasteiger partial charge in [-0.3, -0.25) is 9.88 Å². The molecule has 21 heavy (non-hydrogen) atoms. The second kappa shape index (κ2) is 6.11. The molecule has 2 heterocycles. The quantitative estimate of drug-likeness (QED) is 0.909. The largest absolute Gasteiger partial charge is 0.454 e. The van der Waals surface area contributed by atoms with Crippen molar-refractivity contribution < 1.29 is 9.47 Å². The van der Waals surface area contributed by atoms with Crippen molar-refractivity contribution in [2.24, 2.45) is 5.73 Å². The highest BCUT2D eigenvalue weighted by Gasteiger charge is 2.17. The Morgan fingerprint density at radius 1 is 1.24 bits per heavy atom. The number of aromatic nitrogens is 1. The van der Waals surface area contributed by atoms with Crippen molar-refractivity contribution in [2.45, 2.75) is 12.6 Å². The summed E-state index contributed by atoms with van der Waals surface area (Å²) in [6, 6.07) is 11.7. The molecule has 1 aromatic heterocycles. The van der Waals surface area contributed by atoms with E-state index in [0.29, 0.717) is 0 Å². The molecule has 2 aromatic rings. The second-order valence-corrected chi connectivity index (χ2v) is 5.24. The minimum atomic E-state index is -0.0757. The fourth-order valence-electron chi connectivity index (χ4n) is 2.42. The summed E-state index contributed by atoms with van der Waals surface area (Å²) >= 11 is 0. The van der Waals surface area contributed by atoms with Crippen molar-refractivity contribution in [1.29, 1.82) is 0 Å². The third-order valence-corrected chi connectivity index (χ3v) is 3.49. The van der Waals surface area contributed by atoms with E-state index in [1.165, 1.54) is 0 Å². The zero-order chi connectivity index (χ0) is 14.7. The molecule has 0 saturated heterocycles. The predicted molar refractivity (Wildman–Crippen MR) is 80.1 cm³/mol. The molecule has 0 bridgehead atoms. The lowest BCUT2D eigenvalue weighted by Gasteiger charge is -2.21. The maximum atomic E-state index is 6.29. The molecule has 1 aliphatic rings. The molecule has 5 nitrogen and oxygen atoms in total. The monoisotopic (exact) mass is 285 g/mol. The zero-order valence-electron chi connectivity index (χ0n) is 12.0. The summed E-state index contributed by atoms with van der Waals surface area (Å²) < 4.78 is 10.7. The summed E-state index contributed by atoms with van der Waals surface area (Å²) in [7, 11) is 2.04. The lowest BCUT2D eigenvalue weighted by molar-refractivity contribution is 0.174. The molecule has 0 radical (unpaired) electrons. The molecule has 0 fully saturated rings. The maximum Gasteiger partial charge on any atom is 0.231 e. The Bertz CT molecular complexity index is 604. The first-order chi connectivity index (χ1) is 10.2. The third-order valence-electron chi connectivity index (χ3n) is 3.49. The van der Waals surface area contributed by atoms with Gasteiger partial charge in [0.15, 0.2) is 11.5 Å². The van der Waals surface area contributed by atoms with Gasteiger partial charge in [0.25, 0.3) is 0 Å². The smallest absolute Gasteiger partial charge is 0.231 e. The molecule has 0 saturated carbocycles. The molecule has 3 rings (SSSR count). The van der Waals surface area contributed by atoms with E-state index in [1.807, 2.05) is 43.4 Å². The fraction of sp³-hybridized carbons (Fsp3) is 0.312. The first-order valence-electron chi connectivity index (χ1n) is 6.96. The molecule has 1 atom stereocenters. The van der Waals surface area contributed by atoms with Crippen LogP contribution in [0.5, 0.6) is 11.5 Å². The number of rotatable bonds is 5. The normalized spacial score (nSPS) is 14.4. The average molecular weight is 285 g/mol. The summed E-state index contributed by atoms with van der Waals surface area (Å²) in [6.45, 7) is 1.81. The van der Waals surface area contributed by atoms with Gasteiger partial charge in [0.05, 0.1) is 5.69 Å². The van der Waals surface area contributed by atoms with Gasteiger partial charge < -0.3 is 15.2 Å². The van der Waals surface area contributed by atoms with Crippen LogP contribution in [0.1, 0.15) is 17.3 Å². The fourth-order valence-corrected chi connectivity index (χ4v) is 2.42. The zero-order valence-corrected chi connectivity index (χ0v) is 12.0. The van der Waals surface area contributed by atoms with Crippen LogP contribution in [-0.2, 0) is 6.54 Å². The molecular weight excluding hydrogens is 266 g/mol. The van der Waals surface area contributed by atoms with Crippen LogP contribution in [0.3, 0.4) is 0 Å². The number of nitrogens with two attached hydrogens (primary N) is 1. The Kier molecular flexibility index (Phi) is 4.03. The van der Waals surface area contributed by atoms with E-state index in [0.717, 1.165) is 35.8 Å². The van der Waals surface area contributed by atoms with Gasteiger partial charge in [-0.25, -0.2) is 0 Å². The lowest BCUT2D eigenvalue weighted by Crippen LogP contribution is -2.29. The van der Waals surface area contributed by atoms with Gasteiger partial charge in [0, 0.05) is 25.3 Å². The Balaban J connectivity index is 1.62. The van der Waals surface area contributed by atoms with Gasteiger partial charge in [-0.1, -0.05) is 12.1 Å². The summed E-state index contributed by atoms with van der Waals surface area (Å²) in [5.41, 5.74) is 8.37. The van der Waals surface area contributed by atoms with Crippen LogP contribution in [0.15, 0.2) is 42.6 Å². The molecule has 1 aromatic carbocycles. The topological polar surface area (TPSA) is 60.6 Å². The molecular formula is C16H19N3O2. The number of ether oxygens (including phenoxy) is 2. The van der Waals surface area contributed by atoms with E-state index in [9.17, 15) is 0 Å². The molecule has 1 unspecified atom stereocenters. The number of likely N-dealkylation sites (N-methyl/N-ethyl adjacent to an activating group) is 1. The van der Waals surface area contributed by atoms with Crippen molar-refractivity contribution in [3.63, 3.8) is 0 Å². The highest BCUT2D eigenvalue weighted by atomic mass is 16.7. The molecule has 2 N–H and O–H groups in total. The van der Waals surface area contributed by atoms with Gasteiger partial charge in [0.1, 0.15) is 0 Å². The maximum absolute atomic E-state index is 6.29. The first kappa shape index (κ1) is 13.9. The summed E-state index contributed by atoms with van der Waals surface area (Å²) in [5, 5.41) is 0. The summed E-state index contributed by atoms with van der Waals surface area (Å²) in [4.78, 5) is 6.49. The van der Waals surface area contributed by atoms with Gasteiger partial charge >= 0.3 is 0 Å². The Morgan fingerprint density at radius 2 is 2.10 bits per heavy atom. The molecule has 110 valence electrons. The van der Waals surface area contributed by atoms with Crippen molar-refractivity contribution in [1.82, 2.24) is 9.88 Å². The highest BCUT2D eigenvalue weighted by molar-refractivity contribution is 5.45.